The highest BCUT2D eigenvalue weighted by Crippen LogP contribution is 2.27. The lowest BCUT2D eigenvalue weighted by Gasteiger charge is -2.09. The molecule has 3 N–H and O–H groups in total. The minimum Gasteiger partial charge on any atom is -0.496 e. The highest BCUT2D eigenvalue weighted by atomic mass is 35.5. The third-order valence-corrected chi connectivity index (χ3v) is 3.90. The van der Waals surface area contributed by atoms with Crippen molar-refractivity contribution >= 4 is 18.3 Å². The summed E-state index contributed by atoms with van der Waals surface area (Å²) in [6.07, 6.45) is 4.42. The zero-order valence-corrected chi connectivity index (χ0v) is 16.1. The Kier molecular flexibility index (Phi) is 9.69. The number of benzene rings is 1. The van der Waals surface area contributed by atoms with Crippen molar-refractivity contribution in [3.8, 4) is 17.1 Å². The number of rotatable bonds is 10. The molecule has 1 amide bonds. The molecule has 0 aliphatic rings. The van der Waals surface area contributed by atoms with E-state index in [1.54, 1.807) is 7.11 Å². The Morgan fingerprint density at radius 2 is 2.00 bits per heavy atom. The van der Waals surface area contributed by atoms with Crippen LogP contribution in [0.3, 0.4) is 0 Å². The Morgan fingerprint density at radius 3 is 2.73 bits per heavy atom. The van der Waals surface area contributed by atoms with Crippen molar-refractivity contribution < 1.29 is 14.1 Å². The normalized spacial score (nSPS) is 11.5. The molecule has 7 nitrogen and oxygen atoms in total. The number of aromatic nitrogens is 2. The number of halogens is 1. The molecule has 8 heteroatoms. The van der Waals surface area contributed by atoms with Crippen LogP contribution in [0.25, 0.3) is 11.4 Å². The summed E-state index contributed by atoms with van der Waals surface area (Å²) in [5.74, 6) is 1.47. The molecule has 26 heavy (non-hydrogen) atoms. The number of methoxy groups -OCH3 is 1. The summed E-state index contributed by atoms with van der Waals surface area (Å²) >= 11 is 0. The molecule has 1 aromatic carbocycles. The minimum atomic E-state index is -0.340. The number of amides is 1. The predicted molar refractivity (Wildman–Crippen MR) is 102 cm³/mol. The molecule has 0 radical (unpaired) electrons. The van der Waals surface area contributed by atoms with Crippen LogP contribution in [0.4, 0.5) is 0 Å². The van der Waals surface area contributed by atoms with Crippen molar-refractivity contribution in [3.63, 3.8) is 0 Å². The van der Waals surface area contributed by atoms with Crippen LogP contribution in [0.5, 0.6) is 5.75 Å². The topological polar surface area (TPSA) is 103 Å². The summed E-state index contributed by atoms with van der Waals surface area (Å²) in [6.45, 7) is 2.53. The van der Waals surface area contributed by atoms with Crippen LogP contribution in [0, 0.1) is 0 Å². The van der Waals surface area contributed by atoms with Crippen LogP contribution in [0.2, 0.25) is 0 Å². The number of hydrogen-bond acceptors (Lipinski definition) is 6. The number of unbranched alkanes of at least 4 members (excludes halogenated alkanes) is 3. The number of carbonyl (C=O) groups is 1. The van der Waals surface area contributed by atoms with E-state index in [1.807, 2.05) is 31.2 Å². The lowest BCUT2D eigenvalue weighted by Crippen LogP contribution is -2.26. The van der Waals surface area contributed by atoms with Gasteiger partial charge >= 0.3 is 0 Å². The molecular formula is C18H27ClN4O3. The van der Waals surface area contributed by atoms with Gasteiger partial charge in [0.05, 0.1) is 12.7 Å². The summed E-state index contributed by atoms with van der Waals surface area (Å²) in [5.41, 5.74) is 6.20. The van der Waals surface area contributed by atoms with Gasteiger partial charge in [0.1, 0.15) is 11.8 Å². The maximum absolute atomic E-state index is 12.0. The van der Waals surface area contributed by atoms with Gasteiger partial charge in [0, 0.05) is 6.42 Å². The molecule has 2 aromatic rings. The Hall–Kier alpha value is -2.12. The molecule has 0 fully saturated rings. The number of nitrogens with one attached hydrogen (secondary N) is 1. The van der Waals surface area contributed by atoms with Gasteiger partial charge in [0.15, 0.2) is 0 Å². The van der Waals surface area contributed by atoms with Gasteiger partial charge in [0.25, 0.3) is 0 Å². The highest BCUT2D eigenvalue weighted by molar-refractivity contribution is 5.85. The molecule has 1 unspecified atom stereocenters. The van der Waals surface area contributed by atoms with Crippen LogP contribution in [-0.4, -0.2) is 29.7 Å². The van der Waals surface area contributed by atoms with Gasteiger partial charge in [-0.2, -0.15) is 4.98 Å². The van der Waals surface area contributed by atoms with Gasteiger partial charge in [0.2, 0.25) is 17.6 Å². The van der Waals surface area contributed by atoms with Gasteiger partial charge in [-0.25, -0.2) is 0 Å². The lowest BCUT2D eigenvalue weighted by atomic mass is 10.1. The van der Waals surface area contributed by atoms with Crippen LogP contribution < -0.4 is 15.8 Å². The van der Waals surface area contributed by atoms with Gasteiger partial charge in [-0.3, -0.25) is 4.79 Å². The summed E-state index contributed by atoms with van der Waals surface area (Å²) < 4.78 is 10.6. The van der Waals surface area contributed by atoms with Gasteiger partial charge < -0.3 is 20.3 Å². The third-order valence-electron chi connectivity index (χ3n) is 3.90. The Balaban J connectivity index is 0.00000338. The van der Waals surface area contributed by atoms with Crippen molar-refractivity contribution in [2.75, 3.05) is 13.7 Å². The summed E-state index contributed by atoms with van der Waals surface area (Å²) in [5, 5.41) is 6.88. The summed E-state index contributed by atoms with van der Waals surface area (Å²) in [4.78, 5) is 16.4. The lowest BCUT2D eigenvalue weighted by molar-refractivity contribution is -0.122. The Labute approximate surface area is 160 Å². The van der Waals surface area contributed by atoms with E-state index in [4.69, 9.17) is 15.0 Å². The number of nitrogens with zero attached hydrogens (tertiary/aromatic N) is 2. The molecule has 0 spiro atoms. The van der Waals surface area contributed by atoms with Crippen molar-refractivity contribution in [2.45, 2.75) is 45.1 Å². The maximum Gasteiger partial charge on any atom is 0.249 e. The van der Waals surface area contributed by atoms with E-state index in [1.165, 1.54) is 0 Å². The molecule has 0 aliphatic carbocycles. The largest absolute Gasteiger partial charge is 0.496 e. The molecule has 0 saturated carbocycles. The van der Waals surface area contributed by atoms with Crippen LogP contribution >= 0.6 is 12.4 Å². The fraction of sp³-hybridized carbons (Fsp3) is 0.500. The molecule has 0 saturated heterocycles. The number of para-hydroxylation sites is 1. The quantitative estimate of drug-likeness (QED) is 0.611. The monoisotopic (exact) mass is 382 g/mol. The van der Waals surface area contributed by atoms with Gasteiger partial charge in [-0.1, -0.05) is 30.1 Å². The first-order valence-electron chi connectivity index (χ1n) is 8.62. The zero-order valence-electron chi connectivity index (χ0n) is 15.2. The van der Waals surface area contributed by atoms with Gasteiger partial charge in [-0.05, 0) is 38.4 Å². The maximum atomic E-state index is 12.0. The number of ether oxygens (including phenoxy) is 1. The molecule has 0 bridgehead atoms. The first-order valence-corrected chi connectivity index (χ1v) is 8.62. The molecule has 1 heterocycles. The SMILES string of the molecule is COc1ccccc1-c1noc(C(C)NC(=O)CCCCCCN)n1.Cl. The van der Waals surface area contributed by atoms with Crippen LogP contribution in [0.15, 0.2) is 28.8 Å². The summed E-state index contributed by atoms with van der Waals surface area (Å²) in [6, 6.07) is 7.11. The second kappa shape index (κ2) is 11.5. The van der Waals surface area contributed by atoms with E-state index in [-0.39, 0.29) is 24.4 Å². The van der Waals surface area contributed by atoms with Crippen LogP contribution in [-0.2, 0) is 4.79 Å². The number of nitrogens with two attached hydrogens (primary N) is 1. The van der Waals surface area contributed by atoms with Crippen molar-refractivity contribution in [1.82, 2.24) is 15.5 Å². The van der Waals surface area contributed by atoms with Crippen molar-refractivity contribution in [3.05, 3.63) is 30.2 Å². The zero-order chi connectivity index (χ0) is 18.1. The fourth-order valence-corrected chi connectivity index (χ4v) is 2.51. The van der Waals surface area contributed by atoms with Crippen molar-refractivity contribution in [1.29, 1.82) is 0 Å². The predicted octanol–water partition coefficient (Wildman–Crippen LogP) is 3.25. The highest BCUT2D eigenvalue weighted by Gasteiger charge is 2.18. The molecule has 1 atom stereocenters. The van der Waals surface area contributed by atoms with E-state index in [9.17, 15) is 4.79 Å². The Bertz CT molecular complexity index is 678. The third kappa shape index (κ3) is 6.31. The fourth-order valence-electron chi connectivity index (χ4n) is 2.51. The average molecular weight is 383 g/mol. The molecule has 144 valence electrons. The number of hydrogen-bond donors (Lipinski definition) is 2. The first-order chi connectivity index (χ1) is 12.2. The van der Waals surface area contributed by atoms with Crippen LogP contribution in [0.1, 0.15) is 51.0 Å². The van der Waals surface area contributed by atoms with E-state index in [2.05, 4.69) is 15.5 Å². The Morgan fingerprint density at radius 1 is 1.27 bits per heavy atom. The van der Waals surface area contributed by atoms with E-state index in [0.29, 0.717) is 30.4 Å². The second-order valence-corrected chi connectivity index (χ2v) is 5.90. The first kappa shape index (κ1) is 21.9. The summed E-state index contributed by atoms with van der Waals surface area (Å²) in [7, 11) is 1.59. The van der Waals surface area contributed by atoms with Crippen molar-refractivity contribution in [2.24, 2.45) is 5.73 Å². The standard InChI is InChI=1S/C18H26N4O3.ClH/c1-13(20-16(23)11-5-3-4-8-12-19)18-21-17(22-25-18)14-9-6-7-10-15(14)24-2;/h6-7,9-10,13H,3-5,8,11-12,19H2,1-2H3,(H,20,23);1H. The molecule has 0 aliphatic heterocycles. The molecular weight excluding hydrogens is 356 g/mol. The van der Waals surface area contributed by atoms with E-state index >= 15 is 0 Å². The number of carbonyl (C=O) groups excluding carboxylic acids is 1. The average Bonchev–Trinajstić information content (AvgIpc) is 3.11. The van der Waals surface area contributed by atoms with E-state index < -0.39 is 0 Å². The molecule has 1 aromatic heterocycles. The van der Waals surface area contributed by atoms with Gasteiger partial charge in [-0.15, -0.1) is 12.4 Å². The van der Waals surface area contributed by atoms with E-state index in [0.717, 1.165) is 31.2 Å². The molecule has 2 rings (SSSR count). The second-order valence-electron chi connectivity index (χ2n) is 5.90. The smallest absolute Gasteiger partial charge is 0.249 e. The minimum absolute atomic E-state index is 0.